The minimum absolute atomic E-state index is 0.111. The second-order valence-corrected chi connectivity index (χ2v) is 3.21. The van der Waals surface area contributed by atoms with Gasteiger partial charge in [-0.05, 0) is 25.1 Å². The summed E-state index contributed by atoms with van der Waals surface area (Å²) >= 11 is 0. The molecule has 16 heavy (non-hydrogen) atoms. The maximum atomic E-state index is 11.6. The molecule has 1 aromatic carbocycles. The van der Waals surface area contributed by atoms with Crippen molar-refractivity contribution in [3.05, 3.63) is 23.8 Å². The molecular formula is C11H12N2O3. The summed E-state index contributed by atoms with van der Waals surface area (Å²) in [5.74, 6) is -0.225. The molecule has 1 unspecified atom stereocenters. The van der Waals surface area contributed by atoms with Crippen molar-refractivity contribution in [2.45, 2.75) is 13.0 Å². The van der Waals surface area contributed by atoms with Crippen LogP contribution in [0.25, 0.3) is 0 Å². The van der Waals surface area contributed by atoms with Gasteiger partial charge < -0.3 is 15.2 Å². The van der Waals surface area contributed by atoms with E-state index >= 15 is 0 Å². The zero-order chi connectivity index (χ0) is 12.1. The van der Waals surface area contributed by atoms with Crippen LogP contribution in [0.2, 0.25) is 0 Å². The first-order valence-corrected chi connectivity index (χ1v) is 4.66. The summed E-state index contributed by atoms with van der Waals surface area (Å²) in [4.78, 5) is 11.6. The van der Waals surface area contributed by atoms with E-state index in [9.17, 15) is 9.90 Å². The van der Waals surface area contributed by atoms with Crippen LogP contribution < -0.4 is 10.1 Å². The molecule has 1 aromatic rings. The van der Waals surface area contributed by atoms with Crippen LogP contribution in [-0.4, -0.2) is 24.2 Å². The van der Waals surface area contributed by atoms with E-state index in [-0.39, 0.29) is 11.3 Å². The molecule has 0 heterocycles. The maximum absolute atomic E-state index is 11.6. The summed E-state index contributed by atoms with van der Waals surface area (Å²) < 4.78 is 4.85. The van der Waals surface area contributed by atoms with Gasteiger partial charge in [0, 0.05) is 5.56 Å². The zero-order valence-electron chi connectivity index (χ0n) is 9.02. The van der Waals surface area contributed by atoms with E-state index in [1.165, 1.54) is 25.3 Å². The molecule has 2 N–H and O–H groups in total. The molecule has 1 atom stereocenters. The molecular weight excluding hydrogens is 208 g/mol. The molecule has 0 aromatic heterocycles. The summed E-state index contributed by atoms with van der Waals surface area (Å²) in [7, 11) is 1.42. The van der Waals surface area contributed by atoms with Gasteiger partial charge in [0.25, 0.3) is 5.91 Å². The van der Waals surface area contributed by atoms with E-state index in [2.05, 4.69) is 5.32 Å². The van der Waals surface area contributed by atoms with E-state index in [1.54, 1.807) is 6.92 Å². The minimum atomic E-state index is -0.572. The molecule has 1 amide bonds. The number of amides is 1. The Morgan fingerprint density at radius 3 is 2.81 bits per heavy atom. The molecule has 5 heteroatoms. The number of ether oxygens (including phenoxy) is 1. The Labute approximate surface area is 93.3 Å². The van der Waals surface area contributed by atoms with Gasteiger partial charge in [-0.1, -0.05) is 0 Å². The number of phenolic OH excluding ortho intramolecular Hbond substituents is 1. The predicted molar refractivity (Wildman–Crippen MR) is 57.2 cm³/mol. The van der Waals surface area contributed by atoms with Crippen molar-refractivity contribution in [3.8, 4) is 17.6 Å². The van der Waals surface area contributed by atoms with Crippen molar-refractivity contribution in [2.24, 2.45) is 0 Å². The molecule has 0 saturated carbocycles. The van der Waals surface area contributed by atoms with Gasteiger partial charge in [-0.15, -0.1) is 0 Å². The van der Waals surface area contributed by atoms with Gasteiger partial charge in [0.15, 0.2) is 11.5 Å². The van der Waals surface area contributed by atoms with Crippen molar-refractivity contribution in [1.82, 2.24) is 5.32 Å². The molecule has 0 fully saturated rings. The minimum Gasteiger partial charge on any atom is -0.504 e. The van der Waals surface area contributed by atoms with Crippen LogP contribution in [0.4, 0.5) is 0 Å². The van der Waals surface area contributed by atoms with Gasteiger partial charge in [-0.3, -0.25) is 4.79 Å². The smallest absolute Gasteiger partial charge is 0.252 e. The summed E-state index contributed by atoms with van der Waals surface area (Å²) in [5.41, 5.74) is 0.278. The molecule has 0 aliphatic rings. The van der Waals surface area contributed by atoms with E-state index in [4.69, 9.17) is 10.00 Å². The third-order valence-corrected chi connectivity index (χ3v) is 1.98. The number of nitrogens with one attached hydrogen (secondary N) is 1. The number of benzene rings is 1. The number of carbonyl (C=O) groups is 1. The van der Waals surface area contributed by atoms with Crippen LogP contribution in [0.5, 0.6) is 11.5 Å². The van der Waals surface area contributed by atoms with Gasteiger partial charge >= 0.3 is 0 Å². The van der Waals surface area contributed by atoms with Crippen molar-refractivity contribution in [1.29, 1.82) is 5.26 Å². The van der Waals surface area contributed by atoms with Crippen LogP contribution in [-0.2, 0) is 0 Å². The number of phenols is 1. The Morgan fingerprint density at radius 1 is 1.62 bits per heavy atom. The number of nitrogens with zero attached hydrogens (tertiary/aromatic N) is 1. The van der Waals surface area contributed by atoms with Gasteiger partial charge in [0.2, 0.25) is 0 Å². The van der Waals surface area contributed by atoms with Crippen LogP contribution in [0, 0.1) is 11.3 Å². The number of aromatic hydroxyl groups is 1. The first-order valence-electron chi connectivity index (χ1n) is 4.66. The van der Waals surface area contributed by atoms with E-state index < -0.39 is 11.9 Å². The van der Waals surface area contributed by atoms with E-state index in [1.807, 2.05) is 6.07 Å². The standard InChI is InChI=1S/C11H12N2O3/c1-7(6-12)13-11(15)8-3-4-10(16-2)9(14)5-8/h3-5,7,14H,1-2H3,(H,13,15). The second kappa shape index (κ2) is 5.03. The Kier molecular flexibility index (Phi) is 3.72. The molecule has 0 aliphatic heterocycles. The third-order valence-electron chi connectivity index (χ3n) is 1.98. The molecule has 5 nitrogen and oxygen atoms in total. The van der Waals surface area contributed by atoms with Crippen LogP contribution in [0.15, 0.2) is 18.2 Å². The van der Waals surface area contributed by atoms with Crippen LogP contribution in [0.1, 0.15) is 17.3 Å². The average molecular weight is 220 g/mol. The molecule has 1 rings (SSSR count). The zero-order valence-corrected chi connectivity index (χ0v) is 9.02. The van der Waals surface area contributed by atoms with E-state index in [0.29, 0.717) is 5.75 Å². The highest BCUT2D eigenvalue weighted by Gasteiger charge is 2.11. The number of carbonyl (C=O) groups excluding carboxylic acids is 1. The lowest BCUT2D eigenvalue weighted by Gasteiger charge is -2.08. The second-order valence-electron chi connectivity index (χ2n) is 3.21. The van der Waals surface area contributed by atoms with Crippen molar-refractivity contribution >= 4 is 5.91 Å². The fourth-order valence-corrected chi connectivity index (χ4v) is 1.14. The molecule has 0 radical (unpaired) electrons. The highest BCUT2D eigenvalue weighted by molar-refractivity contribution is 5.95. The lowest BCUT2D eigenvalue weighted by molar-refractivity contribution is 0.0947. The Morgan fingerprint density at radius 2 is 2.31 bits per heavy atom. The summed E-state index contributed by atoms with van der Waals surface area (Å²) in [6.45, 7) is 1.57. The highest BCUT2D eigenvalue weighted by Crippen LogP contribution is 2.26. The lowest BCUT2D eigenvalue weighted by atomic mass is 10.2. The molecule has 0 spiro atoms. The maximum Gasteiger partial charge on any atom is 0.252 e. The topological polar surface area (TPSA) is 82.3 Å². The molecule has 0 aliphatic carbocycles. The molecule has 0 saturated heterocycles. The quantitative estimate of drug-likeness (QED) is 0.797. The number of rotatable bonds is 3. The van der Waals surface area contributed by atoms with Gasteiger partial charge in [0.1, 0.15) is 6.04 Å². The van der Waals surface area contributed by atoms with Crippen molar-refractivity contribution < 1.29 is 14.6 Å². The summed E-state index contributed by atoms with van der Waals surface area (Å²) in [6, 6.07) is 5.60. The molecule has 0 bridgehead atoms. The predicted octanol–water partition coefficient (Wildman–Crippen LogP) is 1.04. The largest absolute Gasteiger partial charge is 0.504 e. The van der Waals surface area contributed by atoms with Crippen LogP contribution in [0.3, 0.4) is 0 Å². The van der Waals surface area contributed by atoms with Crippen molar-refractivity contribution in [2.75, 3.05) is 7.11 Å². The SMILES string of the molecule is COc1ccc(C(=O)NC(C)C#N)cc1O. The first kappa shape index (κ1) is 11.9. The lowest BCUT2D eigenvalue weighted by Crippen LogP contribution is -2.31. The first-order chi connectivity index (χ1) is 7.58. The van der Waals surface area contributed by atoms with E-state index in [0.717, 1.165) is 0 Å². The number of methoxy groups -OCH3 is 1. The number of hydrogen-bond acceptors (Lipinski definition) is 4. The van der Waals surface area contributed by atoms with Gasteiger partial charge in [-0.2, -0.15) is 5.26 Å². The summed E-state index contributed by atoms with van der Waals surface area (Å²) in [5, 5.41) is 20.5. The van der Waals surface area contributed by atoms with Gasteiger partial charge in [-0.25, -0.2) is 0 Å². The third kappa shape index (κ3) is 2.64. The summed E-state index contributed by atoms with van der Waals surface area (Å²) in [6.07, 6.45) is 0. The Balaban J connectivity index is 2.86. The molecule has 84 valence electrons. The Bertz CT molecular complexity index is 437. The fraction of sp³-hybridized carbons (Fsp3) is 0.273. The Hall–Kier alpha value is -2.22. The number of hydrogen-bond donors (Lipinski definition) is 2. The van der Waals surface area contributed by atoms with Crippen molar-refractivity contribution in [3.63, 3.8) is 0 Å². The normalized spacial score (nSPS) is 11.3. The number of nitriles is 1. The van der Waals surface area contributed by atoms with Crippen LogP contribution >= 0.6 is 0 Å². The van der Waals surface area contributed by atoms with Gasteiger partial charge in [0.05, 0.1) is 13.2 Å². The average Bonchev–Trinajstić information content (AvgIpc) is 2.28. The monoisotopic (exact) mass is 220 g/mol. The highest BCUT2D eigenvalue weighted by atomic mass is 16.5. The fourth-order valence-electron chi connectivity index (χ4n) is 1.14.